The van der Waals surface area contributed by atoms with Crippen LogP contribution in [0.3, 0.4) is 0 Å². The molecule has 0 saturated heterocycles. The third-order valence-corrected chi connectivity index (χ3v) is 1.47. The molecule has 12 heavy (non-hydrogen) atoms. The van der Waals surface area contributed by atoms with Crippen LogP contribution in [0.25, 0.3) is 0 Å². The van der Waals surface area contributed by atoms with Gasteiger partial charge in [-0.05, 0) is 27.0 Å². The molecule has 0 amide bonds. The van der Waals surface area contributed by atoms with Gasteiger partial charge in [0.25, 0.3) is 0 Å². The van der Waals surface area contributed by atoms with Gasteiger partial charge in [-0.2, -0.15) is 0 Å². The summed E-state index contributed by atoms with van der Waals surface area (Å²) in [6, 6.07) is 0.0650. The minimum Gasteiger partial charge on any atom is -0.477 e. The highest BCUT2D eigenvalue weighted by molar-refractivity contribution is 5.85. The summed E-state index contributed by atoms with van der Waals surface area (Å²) < 4.78 is 0. The molecule has 70 valence electrons. The topological polar surface area (TPSA) is 61.4 Å². The molecule has 0 saturated carbocycles. The first-order valence-electron chi connectivity index (χ1n) is 3.98. The summed E-state index contributed by atoms with van der Waals surface area (Å²) in [5.74, 6) is -0.918. The van der Waals surface area contributed by atoms with Crippen molar-refractivity contribution < 1.29 is 9.90 Å². The summed E-state index contributed by atoms with van der Waals surface area (Å²) in [6.07, 6.45) is 1.64. The van der Waals surface area contributed by atoms with Crippen LogP contribution in [0.4, 0.5) is 0 Å². The maximum atomic E-state index is 10.6. The fourth-order valence-corrected chi connectivity index (χ4v) is 0.730. The standard InChI is InChI=1S/C8H16N2O2/c1-4-10-7(8(11)12)5-6(2)9-3/h5-6,9-10H,4H2,1-3H3,(H,11,12)/b7-5-. The third kappa shape index (κ3) is 3.98. The number of carboxylic acid groups (broad SMARTS) is 1. The number of likely N-dealkylation sites (N-methyl/N-ethyl adjacent to an activating group) is 2. The second-order valence-corrected chi connectivity index (χ2v) is 2.49. The summed E-state index contributed by atoms with van der Waals surface area (Å²) in [6.45, 7) is 4.37. The predicted octanol–water partition coefficient (Wildman–Crippen LogP) is 0.172. The molecule has 0 aromatic heterocycles. The molecule has 4 nitrogen and oxygen atoms in total. The van der Waals surface area contributed by atoms with Gasteiger partial charge in [-0.1, -0.05) is 0 Å². The Bertz CT molecular complexity index is 178. The van der Waals surface area contributed by atoms with Crippen LogP contribution in [0, 0.1) is 0 Å². The van der Waals surface area contributed by atoms with Crippen molar-refractivity contribution >= 4 is 5.97 Å². The second-order valence-electron chi connectivity index (χ2n) is 2.49. The summed E-state index contributed by atoms with van der Waals surface area (Å²) in [5, 5.41) is 14.4. The van der Waals surface area contributed by atoms with E-state index in [0.717, 1.165) is 0 Å². The van der Waals surface area contributed by atoms with Crippen LogP contribution in [-0.4, -0.2) is 30.7 Å². The molecule has 0 aliphatic heterocycles. The van der Waals surface area contributed by atoms with Gasteiger partial charge in [0.2, 0.25) is 0 Å². The second kappa shape index (κ2) is 5.60. The molecule has 0 bridgehead atoms. The molecule has 0 radical (unpaired) electrons. The number of carboxylic acids is 1. The summed E-state index contributed by atoms with van der Waals surface area (Å²) >= 11 is 0. The number of aliphatic carboxylic acids is 1. The Morgan fingerprint density at radius 2 is 2.25 bits per heavy atom. The molecule has 0 aromatic carbocycles. The van der Waals surface area contributed by atoms with Gasteiger partial charge in [-0.15, -0.1) is 0 Å². The average Bonchev–Trinajstić information content (AvgIpc) is 2.03. The van der Waals surface area contributed by atoms with E-state index in [4.69, 9.17) is 5.11 Å². The monoisotopic (exact) mass is 172 g/mol. The quantitative estimate of drug-likeness (QED) is 0.517. The number of rotatable bonds is 5. The Kier molecular flexibility index (Phi) is 5.12. The normalized spacial score (nSPS) is 14.1. The molecule has 0 aliphatic rings. The van der Waals surface area contributed by atoms with Crippen LogP contribution < -0.4 is 10.6 Å². The first-order valence-corrected chi connectivity index (χ1v) is 3.98. The molecule has 0 heterocycles. The van der Waals surface area contributed by atoms with Crippen LogP contribution in [0.2, 0.25) is 0 Å². The van der Waals surface area contributed by atoms with Crippen LogP contribution >= 0.6 is 0 Å². The van der Waals surface area contributed by atoms with Crippen LogP contribution in [0.15, 0.2) is 11.8 Å². The SMILES string of the molecule is CCN/C(=C\C(C)NC)C(=O)O. The lowest BCUT2D eigenvalue weighted by Crippen LogP contribution is -2.25. The lowest BCUT2D eigenvalue weighted by atomic mass is 10.2. The van der Waals surface area contributed by atoms with E-state index in [9.17, 15) is 4.79 Å². The first kappa shape index (κ1) is 11.0. The fraction of sp³-hybridized carbons (Fsp3) is 0.625. The van der Waals surface area contributed by atoms with E-state index < -0.39 is 5.97 Å². The fourth-order valence-electron chi connectivity index (χ4n) is 0.730. The van der Waals surface area contributed by atoms with Crippen molar-refractivity contribution in [3.05, 3.63) is 11.8 Å². The smallest absolute Gasteiger partial charge is 0.351 e. The van der Waals surface area contributed by atoms with Crippen LogP contribution in [0.5, 0.6) is 0 Å². The lowest BCUT2D eigenvalue weighted by Gasteiger charge is -2.07. The maximum absolute atomic E-state index is 10.6. The van der Waals surface area contributed by atoms with Crippen molar-refractivity contribution in [3.8, 4) is 0 Å². The average molecular weight is 172 g/mol. The van der Waals surface area contributed by atoms with Crippen molar-refractivity contribution in [2.24, 2.45) is 0 Å². The Hall–Kier alpha value is -1.03. The first-order chi connectivity index (χ1) is 5.61. The zero-order chi connectivity index (χ0) is 9.56. The minimum atomic E-state index is -0.918. The Morgan fingerprint density at radius 3 is 2.58 bits per heavy atom. The molecule has 1 unspecified atom stereocenters. The van der Waals surface area contributed by atoms with Crippen molar-refractivity contribution in [2.45, 2.75) is 19.9 Å². The van der Waals surface area contributed by atoms with Gasteiger partial charge in [0.1, 0.15) is 5.70 Å². The number of carbonyl (C=O) groups is 1. The molecule has 0 aromatic rings. The molecular weight excluding hydrogens is 156 g/mol. The van der Waals surface area contributed by atoms with Gasteiger partial charge in [0, 0.05) is 12.6 Å². The lowest BCUT2D eigenvalue weighted by molar-refractivity contribution is -0.133. The Labute approximate surface area is 72.7 Å². The zero-order valence-electron chi connectivity index (χ0n) is 7.72. The summed E-state index contributed by atoms with van der Waals surface area (Å²) in [7, 11) is 1.78. The van der Waals surface area contributed by atoms with E-state index in [1.807, 2.05) is 13.8 Å². The molecule has 0 fully saturated rings. The van der Waals surface area contributed by atoms with Gasteiger partial charge in [0.05, 0.1) is 0 Å². The third-order valence-electron chi connectivity index (χ3n) is 1.47. The molecule has 4 heteroatoms. The molecule has 0 aliphatic carbocycles. The number of nitrogens with one attached hydrogen (secondary N) is 2. The maximum Gasteiger partial charge on any atom is 0.351 e. The molecule has 0 rings (SSSR count). The van der Waals surface area contributed by atoms with Crippen molar-refractivity contribution in [1.82, 2.24) is 10.6 Å². The molecular formula is C8H16N2O2. The van der Waals surface area contributed by atoms with Gasteiger partial charge < -0.3 is 15.7 Å². The number of hydrogen-bond donors (Lipinski definition) is 3. The van der Waals surface area contributed by atoms with Crippen molar-refractivity contribution in [1.29, 1.82) is 0 Å². The minimum absolute atomic E-state index is 0.0650. The van der Waals surface area contributed by atoms with Crippen molar-refractivity contribution in [3.63, 3.8) is 0 Å². The highest BCUT2D eigenvalue weighted by atomic mass is 16.4. The van der Waals surface area contributed by atoms with E-state index in [1.165, 1.54) is 0 Å². The largest absolute Gasteiger partial charge is 0.477 e. The van der Waals surface area contributed by atoms with Crippen molar-refractivity contribution in [2.75, 3.05) is 13.6 Å². The van der Waals surface area contributed by atoms with Gasteiger partial charge in [-0.3, -0.25) is 0 Å². The highest BCUT2D eigenvalue weighted by Gasteiger charge is 2.06. The summed E-state index contributed by atoms with van der Waals surface area (Å²) in [5.41, 5.74) is 0.249. The van der Waals surface area contributed by atoms with Crippen LogP contribution in [0.1, 0.15) is 13.8 Å². The Morgan fingerprint density at radius 1 is 1.67 bits per heavy atom. The molecule has 1 atom stereocenters. The number of hydrogen-bond acceptors (Lipinski definition) is 3. The molecule has 3 N–H and O–H groups in total. The van der Waals surface area contributed by atoms with Crippen LogP contribution in [-0.2, 0) is 4.79 Å². The zero-order valence-corrected chi connectivity index (χ0v) is 7.72. The van der Waals surface area contributed by atoms with Gasteiger partial charge >= 0.3 is 5.97 Å². The van der Waals surface area contributed by atoms with E-state index in [1.54, 1.807) is 13.1 Å². The Balaban J connectivity index is 4.27. The van der Waals surface area contributed by atoms with E-state index >= 15 is 0 Å². The summed E-state index contributed by atoms with van der Waals surface area (Å²) in [4.78, 5) is 10.6. The molecule has 0 spiro atoms. The van der Waals surface area contributed by atoms with E-state index in [-0.39, 0.29) is 11.7 Å². The predicted molar refractivity (Wildman–Crippen MR) is 47.9 cm³/mol. The van der Waals surface area contributed by atoms with E-state index in [2.05, 4.69) is 10.6 Å². The highest BCUT2D eigenvalue weighted by Crippen LogP contribution is 1.92. The van der Waals surface area contributed by atoms with E-state index in [0.29, 0.717) is 6.54 Å². The van der Waals surface area contributed by atoms with Gasteiger partial charge in [-0.25, -0.2) is 4.79 Å². The van der Waals surface area contributed by atoms with Gasteiger partial charge in [0.15, 0.2) is 0 Å².